The largest absolute Gasteiger partial charge is 0.368 e. The van der Waals surface area contributed by atoms with Gasteiger partial charge in [-0.05, 0) is 32.3 Å². The SMILES string of the molecule is C=CCCOC(C)C(=O)NC(CC)c1ccc(C)cc1. The predicted octanol–water partition coefficient (Wildman–Crippen LogP) is 3.54. The Morgan fingerprint density at radius 3 is 2.60 bits per heavy atom. The molecule has 110 valence electrons. The van der Waals surface area contributed by atoms with Crippen molar-refractivity contribution in [1.82, 2.24) is 5.32 Å². The lowest BCUT2D eigenvalue weighted by Crippen LogP contribution is -2.37. The second-order valence-corrected chi connectivity index (χ2v) is 4.97. The number of hydrogen-bond acceptors (Lipinski definition) is 2. The van der Waals surface area contributed by atoms with Crippen LogP contribution in [0.25, 0.3) is 0 Å². The number of hydrogen-bond donors (Lipinski definition) is 1. The molecule has 1 aromatic carbocycles. The van der Waals surface area contributed by atoms with Crippen molar-refractivity contribution in [1.29, 1.82) is 0 Å². The zero-order valence-electron chi connectivity index (χ0n) is 12.7. The number of amides is 1. The lowest BCUT2D eigenvalue weighted by molar-refractivity contribution is -0.132. The van der Waals surface area contributed by atoms with Crippen molar-refractivity contribution in [3.8, 4) is 0 Å². The van der Waals surface area contributed by atoms with Gasteiger partial charge in [0.05, 0.1) is 12.6 Å². The smallest absolute Gasteiger partial charge is 0.249 e. The highest BCUT2D eigenvalue weighted by Gasteiger charge is 2.18. The van der Waals surface area contributed by atoms with Gasteiger partial charge in [-0.2, -0.15) is 0 Å². The molecule has 0 saturated carbocycles. The molecule has 0 heterocycles. The van der Waals surface area contributed by atoms with Crippen LogP contribution in [0.5, 0.6) is 0 Å². The molecule has 1 aromatic rings. The fraction of sp³-hybridized carbons (Fsp3) is 0.471. The van der Waals surface area contributed by atoms with Crippen molar-refractivity contribution in [3.05, 3.63) is 48.0 Å². The minimum Gasteiger partial charge on any atom is -0.368 e. The van der Waals surface area contributed by atoms with Crippen LogP contribution in [0.15, 0.2) is 36.9 Å². The number of aryl methyl sites for hydroxylation is 1. The molecular weight excluding hydrogens is 250 g/mol. The first-order chi connectivity index (χ1) is 9.58. The topological polar surface area (TPSA) is 38.3 Å². The summed E-state index contributed by atoms with van der Waals surface area (Å²) >= 11 is 0. The van der Waals surface area contributed by atoms with Crippen molar-refractivity contribution in [2.75, 3.05) is 6.61 Å². The summed E-state index contributed by atoms with van der Waals surface area (Å²) in [5.41, 5.74) is 2.35. The van der Waals surface area contributed by atoms with Crippen molar-refractivity contribution >= 4 is 5.91 Å². The molecule has 2 unspecified atom stereocenters. The van der Waals surface area contributed by atoms with Crippen LogP contribution in [-0.4, -0.2) is 18.6 Å². The van der Waals surface area contributed by atoms with Crippen LogP contribution in [0, 0.1) is 6.92 Å². The molecule has 0 saturated heterocycles. The van der Waals surface area contributed by atoms with E-state index in [0.29, 0.717) is 6.61 Å². The van der Waals surface area contributed by atoms with E-state index in [2.05, 4.69) is 50.0 Å². The molecule has 0 aliphatic rings. The van der Waals surface area contributed by atoms with E-state index in [1.54, 1.807) is 13.0 Å². The minimum absolute atomic E-state index is 0.0357. The molecule has 0 spiro atoms. The van der Waals surface area contributed by atoms with Gasteiger partial charge >= 0.3 is 0 Å². The van der Waals surface area contributed by atoms with E-state index >= 15 is 0 Å². The van der Waals surface area contributed by atoms with E-state index in [9.17, 15) is 4.79 Å². The zero-order valence-corrected chi connectivity index (χ0v) is 12.7. The lowest BCUT2D eigenvalue weighted by atomic mass is 10.0. The van der Waals surface area contributed by atoms with Crippen molar-refractivity contribution in [2.45, 2.75) is 45.8 Å². The minimum atomic E-state index is -0.436. The molecule has 1 amide bonds. The first-order valence-corrected chi connectivity index (χ1v) is 7.18. The quantitative estimate of drug-likeness (QED) is 0.582. The highest BCUT2D eigenvalue weighted by molar-refractivity contribution is 5.80. The van der Waals surface area contributed by atoms with Crippen LogP contribution in [0.2, 0.25) is 0 Å². The lowest BCUT2D eigenvalue weighted by Gasteiger charge is -2.20. The highest BCUT2D eigenvalue weighted by atomic mass is 16.5. The van der Waals surface area contributed by atoms with Crippen LogP contribution < -0.4 is 5.32 Å². The molecule has 2 atom stereocenters. The van der Waals surface area contributed by atoms with E-state index in [1.807, 2.05) is 0 Å². The summed E-state index contributed by atoms with van der Waals surface area (Å²) in [4.78, 5) is 12.1. The Balaban J connectivity index is 2.56. The third-order valence-electron chi connectivity index (χ3n) is 3.26. The van der Waals surface area contributed by atoms with Gasteiger partial charge in [0.1, 0.15) is 6.10 Å². The van der Waals surface area contributed by atoms with E-state index < -0.39 is 6.10 Å². The van der Waals surface area contributed by atoms with Gasteiger partial charge in [-0.1, -0.05) is 42.8 Å². The first kappa shape index (κ1) is 16.4. The van der Waals surface area contributed by atoms with Gasteiger partial charge in [0, 0.05) is 0 Å². The van der Waals surface area contributed by atoms with Gasteiger partial charge in [0.2, 0.25) is 5.91 Å². The number of ether oxygens (including phenoxy) is 1. The summed E-state index contributed by atoms with van der Waals surface area (Å²) in [5.74, 6) is -0.0681. The Bertz CT molecular complexity index is 425. The van der Waals surface area contributed by atoms with Gasteiger partial charge in [0.25, 0.3) is 0 Å². The number of rotatable bonds is 8. The van der Waals surface area contributed by atoms with Crippen molar-refractivity contribution in [2.24, 2.45) is 0 Å². The molecule has 0 aliphatic heterocycles. The predicted molar refractivity (Wildman–Crippen MR) is 82.6 cm³/mol. The van der Waals surface area contributed by atoms with Crippen molar-refractivity contribution in [3.63, 3.8) is 0 Å². The molecule has 3 nitrogen and oxygen atoms in total. The summed E-state index contributed by atoms with van der Waals surface area (Å²) in [6, 6.07) is 8.29. The maximum absolute atomic E-state index is 12.1. The summed E-state index contributed by atoms with van der Waals surface area (Å²) in [6.45, 7) is 10.1. The van der Waals surface area contributed by atoms with E-state index in [-0.39, 0.29) is 11.9 Å². The summed E-state index contributed by atoms with van der Waals surface area (Å²) in [5, 5.41) is 3.04. The molecule has 0 fully saturated rings. The van der Waals surface area contributed by atoms with Gasteiger partial charge in [-0.3, -0.25) is 4.79 Å². The Kier molecular flexibility index (Phi) is 7.02. The Labute approximate surface area is 122 Å². The molecule has 3 heteroatoms. The summed E-state index contributed by atoms with van der Waals surface area (Å²) in [7, 11) is 0. The molecule has 1 rings (SSSR count). The first-order valence-electron chi connectivity index (χ1n) is 7.18. The Morgan fingerprint density at radius 2 is 2.05 bits per heavy atom. The molecular formula is C17H25NO2. The van der Waals surface area contributed by atoms with Crippen molar-refractivity contribution < 1.29 is 9.53 Å². The monoisotopic (exact) mass is 275 g/mol. The number of carbonyl (C=O) groups excluding carboxylic acids is 1. The molecule has 0 radical (unpaired) electrons. The summed E-state index contributed by atoms with van der Waals surface area (Å²) < 4.78 is 5.46. The van der Waals surface area contributed by atoms with Crippen LogP contribution in [-0.2, 0) is 9.53 Å². The molecule has 0 aromatic heterocycles. The average molecular weight is 275 g/mol. The van der Waals surface area contributed by atoms with Crippen LogP contribution in [0.4, 0.5) is 0 Å². The molecule has 1 N–H and O–H groups in total. The third kappa shape index (κ3) is 5.17. The third-order valence-corrected chi connectivity index (χ3v) is 3.26. The fourth-order valence-corrected chi connectivity index (χ4v) is 1.91. The number of nitrogens with one attached hydrogen (secondary N) is 1. The Morgan fingerprint density at radius 1 is 1.40 bits per heavy atom. The maximum atomic E-state index is 12.1. The highest BCUT2D eigenvalue weighted by Crippen LogP contribution is 2.17. The summed E-state index contributed by atoms with van der Waals surface area (Å²) in [6.07, 6.45) is 2.96. The fourth-order valence-electron chi connectivity index (χ4n) is 1.91. The standard InChI is InChI=1S/C17H25NO2/c1-5-7-12-20-14(4)17(19)18-16(6-2)15-10-8-13(3)9-11-15/h5,8-11,14,16H,1,6-7,12H2,2-4H3,(H,18,19). The molecule has 20 heavy (non-hydrogen) atoms. The van der Waals surface area contributed by atoms with Crippen LogP contribution >= 0.6 is 0 Å². The normalized spacial score (nSPS) is 13.6. The van der Waals surface area contributed by atoms with E-state index in [0.717, 1.165) is 18.4 Å². The maximum Gasteiger partial charge on any atom is 0.249 e. The second kappa shape index (κ2) is 8.54. The van der Waals surface area contributed by atoms with Gasteiger partial charge < -0.3 is 10.1 Å². The molecule has 0 aliphatic carbocycles. The van der Waals surface area contributed by atoms with Crippen LogP contribution in [0.1, 0.15) is 43.9 Å². The van der Waals surface area contributed by atoms with Gasteiger partial charge in [-0.25, -0.2) is 0 Å². The van der Waals surface area contributed by atoms with E-state index in [4.69, 9.17) is 4.74 Å². The van der Waals surface area contributed by atoms with E-state index in [1.165, 1.54) is 5.56 Å². The average Bonchev–Trinajstić information content (AvgIpc) is 2.45. The number of benzene rings is 1. The number of carbonyl (C=O) groups is 1. The van der Waals surface area contributed by atoms with Gasteiger partial charge in [-0.15, -0.1) is 6.58 Å². The second-order valence-electron chi connectivity index (χ2n) is 4.97. The zero-order chi connectivity index (χ0) is 15.0. The van der Waals surface area contributed by atoms with Crippen LogP contribution in [0.3, 0.4) is 0 Å². The van der Waals surface area contributed by atoms with Gasteiger partial charge in [0.15, 0.2) is 0 Å². The Hall–Kier alpha value is -1.61. The molecule has 0 bridgehead atoms.